The number of amides is 3. The largest absolute Gasteiger partial charge is 0.481 e. The molecule has 12 heteroatoms. The van der Waals surface area contributed by atoms with Crippen molar-refractivity contribution in [2.75, 3.05) is 11.9 Å². The van der Waals surface area contributed by atoms with Gasteiger partial charge in [0.2, 0.25) is 0 Å². The predicted octanol–water partition coefficient (Wildman–Crippen LogP) is 2.53. The Morgan fingerprint density at radius 1 is 1.07 bits per heavy atom. The van der Waals surface area contributed by atoms with Crippen molar-refractivity contribution in [3.05, 3.63) is 53.5 Å². The number of rotatable bonds is 7. The van der Waals surface area contributed by atoms with Gasteiger partial charge in [0, 0.05) is 25.2 Å². The number of nitrogens with zero attached hydrogens (tertiary/aromatic N) is 3. The summed E-state index contributed by atoms with van der Waals surface area (Å²) in [7, 11) is 0. The zero-order chi connectivity index (χ0) is 28.1. The lowest BCUT2D eigenvalue weighted by Gasteiger charge is -2.51. The minimum Gasteiger partial charge on any atom is -0.481 e. The van der Waals surface area contributed by atoms with E-state index in [4.69, 9.17) is 4.74 Å². The molecule has 3 fully saturated rings. The minimum atomic E-state index is -0.712. The van der Waals surface area contributed by atoms with Crippen LogP contribution in [0.15, 0.2) is 36.5 Å². The first kappa shape index (κ1) is 25.8. The van der Waals surface area contributed by atoms with Crippen molar-refractivity contribution >= 4 is 35.0 Å². The minimum absolute atomic E-state index is 0.0707. The third-order valence-corrected chi connectivity index (χ3v) is 8.73. The molecule has 3 saturated carbocycles. The average molecular weight is 547 g/mol. The number of benzene rings is 1. The SMILES string of the molecule is CC1Oc2ccc(CNC(=O)c3cc(C(=O)NCC45CCC(C(=O)O)(CC4)CC5)n4nccc4n3)cc2NC1=O. The van der Waals surface area contributed by atoms with Crippen molar-refractivity contribution in [2.24, 2.45) is 10.8 Å². The van der Waals surface area contributed by atoms with E-state index in [0.717, 1.165) is 24.8 Å². The van der Waals surface area contributed by atoms with Gasteiger partial charge in [0.15, 0.2) is 11.8 Å². The molecule has 4 N–H and O–H groups in total. The Balaban J connectivity index is 1.14. The maximum Gasteiger partial charge on any atom is 0.309 e. The number of aliphatic carboxylic acids is 1. The number of carbonyl (C=O) groups is 4. The average Bonchev–Trinajstić information content (AvgIpc) is 3.44. The predicted molar refractivity (Wildman–Crippen MR) is 142 cm³/mol. The Morgan fingerprint density at radius 2 is 1.82 bits per heavy atom. The number of hydrogen-bond acceptors (Lipinski definition) is 7. The summed E-state index contributed by atoms with van der Waals surface area (Å²) >= 11 is 0. The molecule has 2 aromatic heterocycles. The van der Waals surface area contributed by atoms with Crippen LogP contribution in [-0.4, -0.2) is 56.0 Å². The number of fused-ring (bicyclic) bond motifs is 5. The van der Waals surface area contributed by atoms with Crippen LogP contribution < -0.4 is 20.7 Å². The standard InChI is InChI=1S/C28H30N6O6/c1-16-23(35)33-18-12-17(2-3-21(18)40-16)14-29-24(36)19-13-20(34-22(32-19)4-11-31-34)25(37)30-15-27-5-8-28(9-6-27,10-7-27)26(38)39/h2-4,11-13,16H,5-10,14-15H2,1H3,(H,29,36)(H,30,37)(H,33,35)(H,38,39). The normalized spacial score (nSPS) is 25.0. The lowest BCUT2D eigenvalue weighted by molar-refractivity contribution is -0.158. The number of carboxylic acid groups (broad SMARTS) is 1. The molecular weight excluding hydrogens is 516 g/mol. The highest BCUT2D eigenvalue weighted by Crippen LogP contribution is 2.56. The highest BCUT2D eigenvalue weighted by molar-refractivity contribution is 5.99. The summed E-state index contributed by atoms with van der Waals surface area (Å²) in [5.41, 5.74) is 1.18. The summed E-state index contributed by atoms with van der Waals surface area (Å²) in [6.07, 6.45) is 5.11. The lowest BCUT2D eigenvalue weighted by atomic mass is 9.53. The van der Waals surface area contributed by atoms with E-state index in [1.54, 1.807) is 31.2 Å². The number of ether oxygens (including phenoxy) is 1. The number of carboxylic acids is 1. The van der Waals surface area contributed by atoms with Crippen molar-refractivity contribution in [2.45, 2.75) is 58.1 Å². The third-order valence-electron chi connectivity index (χ3n) is 8.73. The maximum atomic E-state index is 13.3. The Morgan fingerprint density at radius 3 is 2.55 bits per heavy atom. The van der Waals surface area contributed by atoms with Gasteiger partial charge in [-0.2, -0.15) is 5.10 Å². The summed E-state index contributed by atoms with van der Waals surface area (Å²) in [5.74, 6) is -1.23. The van der Waals surface area contributed by atoms with E-state index in [1.165, 1.54) is 16.8 Å². The Labute approximate surface area is 229 Å². The Bertz CT molecular complexity index is 1520. The molecule has 1 atom stereocenters. The molecule has 0 spiro atoms. The number of aromatic nitrogens is 3. The smallest absolute Gasteiger partial charge is 0.309 e. The lowest BCUT2D eigenvalue weighted by Crippen LogP contribution is -2.50. The summed E-state index contributed by atoms with van der Waals surface area (Å²) in [6.45, 7) is 2.28. The molecule has 3 aliphatic carbocycles. The fourth-order valence-electron chi connectivity index (χ4n) is 6.04. The van der Waals surface area contributed by atoms with Gasteiger partial charge in [-0.1, -0.05) is 6.07 Å². The molecule has 2 bridgehead atoms. The van der Waals surface area contributed by atoms with Gasteiger partial charge in [0.1, 0.15) is 17.1 Å². The monoisotopic (exact) mass is 546 g/mol. The van der Waals surface area contributed by atoms with E-state index in [2.05, 4.69) is 26.0 Å². The number of anilines is 1. The second-order valence-corrected chi connectivity index (χ2v) is 11.2. The molecule has 12 nitrogen and oxygen atoms in total. The Hall–Kier alpha value is -4.48. The van der Waals surface area contributed by atoms with Gasteiger partial charge < -0.3 is 25.8 Å². The van der Waals surface area contributed by atoms with E-state index >= 15 is 0 Å². The highest BCUT2D eigenvalue weighted by atomic mass is 16.5. The molecule has 0 saturated heterocycles. The van der Waals surface area contributed by atoms with Crippen molar-refractivity contribution < 1.29 is 29.0 Å². The topological polar surface area (TPSA) is 164 Å². The van der Waals surface area contributed by atoms with Crippen molar-refractivity contribution in [1.82, 2.24) is 25.2 Å². The Kier molecular flexibility index (Phi) is 6.20. The van der Waals surface area contributed by atoms with Crippen LogP contribution in [0.25, 0.3) is 5.65 Å². The van der Waals surface area contributed by atoms with Crippen molar-refractivity contribution in [1.29, 1.82) is 0 Å². The van der Waals surface area contributed by atoms with Crippen LogP contribution in [0, 0.1) is 10.8 Å². The summed E-state index contributed by atoms with van der Waals surface area (Å²) in [4.78, 5) is 54.4. The second-order valence-electron chi connectivity index (χ2n) is 11.2. The van der Waals surface area contributed by atoms with Crippen LogP contribution in [0.2, 0.25) is 0 Å². The van der Waals surface area contributed by atoms with Crippen LogP contribution >= 0.6 is 0 Å². The highest BCUT2D eigenvalue weighted by Gasteiger charge is 2.52. The van der Waals surface area contributed by atoms with Crippen LogP contribution in [0.4, 0.5) is 5.69 Å². The molecule has 3 heterocycles. The van der Waals surface area contributed by atoms with Crippen LogP contribution in [0.3, 0.4) is 0 Å². The van der Waals surface area contributed by atoms with Gasteiger partial charge in [0.25, 0.3) is 17.7 Å². The first-order valence-electron chi connectivity index (χ1n) is 13.4. The van der Waals surface area contributed by atoms with Gasteiger partial charge in [-0.25, -0.2) is 9.50 Å². The molecule has 7 rings (SSSR count). The van der Waals surface area contributed by atoms with E-state index in [9.17, 15) is 24.3 Å². The molecular formula is C28H30N6O6. The fourth-order valence-corrected chi connectivity index (χ4v) is 6.04. The van der Waals surface area contributed by atoms with Gasteiger partial charge >= 0.3 is 5.97 Å². The van der Waals surface area contributed by atoms with Gasteiger partial charge in [-0.05, 0) is 68.6 Å². The quantitative estimate of drug-likeness (QED) is 0.351. The summed E-state index contributed by atoms with van der Waals surface area (Å²) < 4.78 is 6.97. The summed E-state index contributed by atoms with van der Waals surface area (Å²) in [5, 5.41) is 22.5. The molecule has 1 unspecified atom stereocenters. The number of carbonyl (C=O) groups excluding carboxylic acids is 3. The second kappa shape index (κ2) is 9.61. The molecule has 1 aromatic carbocycles. The fraction of sp³-hybridized carbons (Fsp3) is 0.429. The van der Waals surface area contributed by atoms with Crippen molar-refractivity contribution in [3.8, 4) is 5.75 Å². The molecule has 0 radical (unpaired) electrons. The zero-order valence-electron chi connectivity index (χ0n) is 22.0. The number of nitrogens with one attached hydrogen (secondary N) is 3. The van der Waals surface area contributed by atoms with E-state index < -0.39 is 23.4 Å². The first-order chi connectivity index (χ1) is 19.2. The van der Waals surface area contributed by atoms with Crippen LogP contribution in [0.5, 0.6) is 5.75 Å². The molecule has 4 aliphatic rings. The molecule has 40 heavy (non-hydrogen) atoms. The maximum absolute atomic E-state index is 13.3. The van der Waals surface area contributed by atoms with E-state index in [0.29, 0.717) is 42.9 Å². The number of hydrogen-bond donors (Lipinski definition) is 4. The molecule has 1 aliphatic heterocycles. The van der Waals surface area contributed by atoms with Gasteiger partial charge in [-0.15, -0.1) is 0 Å². The van der Waals surface area contributed by atoms with Crippen LogP contribution in [0.1, 0.15) is 72.0 Å². The van der Waals surface area contributed by atoms with Crippen LogP contribution in [-0.2, 0) is 16.1 Å². The van der Waals surface area contributed by atoms with Gasteiger partial charge in [0.05, 0.1) is 17.3 Å². The van der Waals surface area contributed by atoms with E-state index in [-0.39, 0.29) is 35.2 Å². The van der Waals surface area contributed by atoms with Crippen molar-refractivity contribution in [3.63, 3.8) is 0 Å². The first-order valence-corrected chi connectivity index (χ1v) is 13.4. The molecule has 208 valence electrons. The van der Waals surface area contributed by atoms with Gasteiger partial charge in [-0.3, -0.25) is 19.2 Å². The molecule has 3 aromatic rings. The van der Waals surface area contributed by atoms with E-state index in [1.807, 2.05) is 0 Å². The summed E-state index contributed by atoms with van der Waals surface area (Å²) in [6, 6.07) is 8.31. The zero-order valence-corrected chi connectivity index (χ0v) is 22.0. The third kappa shape index (κ3) is 4.52. The molecule has 3 amide bonds.